The number of rotatable bonds is 8. The lowest BCUT2D eigenvalue weighted by molar-refractivity contribution is -0.138. The number of fused-ring (bicyclic) bond motifs is 1. The van der Waals surface area contributed by atoms with Crippen LogP contribution >= 0.6 is 11.3 Å². The first-order valence-corrected chi connectivity index (χ1v) is 12.4. The quantitative estimate of drug-likeness (QED) is 0.451. The first-order chi connectivity index (χ1) is 16.6. The molecule has 188 valence electrons. The molecule has 3 aromatic rings. The maximum atomic E-state index is 13.1. The van der Waals surface area contributed by atoms with Gasteiger partial charge in [-0.25, -0.2) is 4.98 Å². The number of thiazole rings is 1. The van der Waals surface area contributed by atoms with Gasteiger partial charge in [0.05, 0.1) is 22.2 Å². The number of carboxylic acid groups (broad SMARTS) is 1. The van der Waals surface area contributed by atoms with E-state index in [1.54, 1.807) is 12.1 Å². The van der Waals surface area contributed by atoms with E-state index in [1.165, 1.54) is 23.5 Å². The minimum atomic E-state index is -4.37. The van der Waals surface area contributed by atoms with Crippen LogP contribution in [0.25, 0.3) is 10.2 Å². The average molecular weight is 508 g/mol. The smallest absolute Gasteiger partial charge is 0.416 e. The Hall–Kier alpha value is -2.85. The van der Waals surface area contributed by atoms with Gasteiger partial charge < -0.3 is 14.7 Å². The predicted molar refractivity (Wildman–Crippen MR) is 131 cm³/mol. The average Bonchev–Trinajstić information content (AvgIpc) is 3.24. The maximum absolute atomic E-state index is 13.1. The van der Waals surface area contributed by atoms with Gasteiger partial charge in [0.15, 0.2) is 5.13 Å². The van der Waals surface area contributed by atoms with Crippen molar-refractivity contribution in [3.63, 3.8) is 0 Å². The van der Waals surface area contributed by atoms with Gasteiger partial charge in [-0.2, -0.15) is 13.2 Å². The van der Waals surface area contributed by atoms with Crippen LogP contribution in [0, 0.1) is 6.92 Å². The molecule has 0 unspecified atom stereocenters. The van der Waals surface area contributed by atoms with E-state index in [1.807, 2.05) is 13.0 Å². The number of nitrogens with zero attached hydrogens (tertiary/aromatic N) is 3. The summed E-state index contributed by atoms with van der Waals surface area (Å²) in [7, 11) is 0. The van der Waals surface area contributed by atoms with Gasteiger partial charge in [-0.1, -0.05) is 30.4 Å². The number of aryl methyl sites for hydroxylation is 1. The van der Waals surface area contributed by atoms with Crippen LogP contribution in [0.2, 0.25) is 0 Å². The lowest BCUT2D eigenvalue weighted by Gasteiger charge is -2.41. The minimum Gasteiger partial charge on any atom is -0.492 e. The second kappa shape index (κ2) is 10.4. The molecule has 1 saturated heterocycles. The Morgan fingerprint density at radius 2 is 2.03 bits per heavy atom. The molecule has 0 saturated carbocycles. The van der Waals surface area contributed by atoms with E-state index in [0.717, 1.165) is 49.4 Å². The number of hydrogen-bond donors (Lipinski definition) is 1. The second-order valence-electron chi connectivity index (χ2n) is 8.74. The molecule has 0 amide bonds. The Morgan fingerprint density at radius 3 is 2.74 bits per heavy atom. The summed E-state index contributed by atoms with van der Waals surface area (Å²) in [6.07, 6.45) is -3.48. The Labute approximate surface area is 205 Å². The van der Waals surface area contributed by atoms with Gasteiger partial charge in [-0.05, 0) is 48.7 Å². The van der Waals surface area contributed by atoms with Crippen molar-refractivity contribution in [3.05, 3.63) is 53.1 Å². The summed E-state index contributed by atoms with van der Waals surface area (Å²) in [6, 6.07) is 9.43. The Morgan fingerprint density at radius 1 is 1.23 bits per heavy atom. The molecular formula is C25H28F3N3O3S. The standard InChI is InChI=1S/C25H28F3N3O3S/c1-3-19-15-31(24-29-20-7-6-18(25(26,27)28)14-22(20)35-24)9-8-30(19)10-11-34-21-12-17(13-23(32)33)5-4-16(21)2/h4-7,12,14,19H,3,8-11,13,15H2,1-2H3,(H,32,33)/t19-/m0/s1. The maximum Gasteiger partial charge on any atom is 0.416 e. The van der Waals surface area contributed by atoms with Crippen molar-refractivity contribution in [2.75, 3.05) is 37.7 Å². The number of aliphatic carboxylic acids is 1. The van der Waals surface area contributed by atoms with Crippen LogP contribution in [-0.2, 0) is 17.4 Å². The zero-order valence-electron chi connectivity index (χ0n) is 19.6. The van der Waals surface area contributed by atoms with E-state index in [4.69, 9.17) is 9.84 Å². The number of anilines is 1. The van der Waals surface area contributed by atoms with Crippen molar-refractivity contribution in [2.24, 2.45) is 0 Å². The first-order valence-electron chi connectivity index (χ1n) is 11.5. The summed E-state index contributed by atoms with van der Waals surface area (Å²) in [4.78, 5) is 20.1. The molecule has 2 aromatic carbocycles. The van der Waals surface area contributed by atoms with Gasteiger partial charge in [0.25, 0.3) is 0 Å². The van der Waals surface area contributed by atoms with Crippen LogP contribution in [0.15, 0.2) is 36.4 Å². The molecular weight excluding hydrogens is 479 g/mol. The van der Waals surface area contributed by atoms with Crippen molar-refractivity contribution in [1.29, 1.82) is 0 Å². The third kappa shape index (κ3) is 6.05. The van der Waals surface area contributed by atoms with Crippen molar-refractivity contribution >= 4 is 32.7 Å². The van der Waals surface area contributed by atoms with Crippen molar-refractivity contribution in [2.45, 2.75) is 38.9 Å². The van der Waals surface area contributed by atoms with Crippen LogP contribution < -0.4 is 9.64 Å². The zero-order chi connectivity index (χ0) is 25.2. The summed E-state index contributed by atoms with van der Waals surface area (Å²) in [5.74, 6) is -0.180. The first kappa shape index (κ1) is 25.2. The van der Waals surface area contributed by atoms with Crippen LogP contribution in [0.4, 0.5) is 18.3 Å². The fraction of sp³-hybridized carbons (Fsp3) is 0.440. The molecule has 2 heterocycles. The van der Waals surface area contributed by atoms with Gasteiger partial charge in [-0.15, -0.1) is 0 Å². The van der Waals surface area contributed by atoms with Crippen molar-refractivity contribution in [3.8, 4) is 5.75 Å². The summed E-state index contributed by atoms with van der Waals surface area (Å²) in [5.41, 5.74) is 1.60. The molecule has 35 heavy (non-hydrogen) atoms. The number of hydrogen-bond acceptors (Lipinski definition) is 6. The molecule has 6 nitrogen and oxygen atoms in total. The zero-order valence-corrected chi connectivity index (χ0v) is 20.5. The number of ether oxygens (including phenoxy) is 1. The van der Waals surface area contributed by atoms with Crippen molar-refractivity contribution in [1.82, 2.24) is 9.88 Å². The van der Waals surface area contributed by atoms with E-state index < -0.39 is 17.7 Å². The highest BCUT2D eigenvalue weighted by Gasteiger charge is 2.31. The van der Waals surface area contributed by atoms with Crippen LogP contribution in [-0.4, -0.2) is 59.8 Å². The lowest BCUT2D eigenvalue weighted by atomic mass is 10.1. The van der Waals surface area contributed by atoms with E-state index in [2.05, 4.69) is 21.7 Å². The number of halogens is 3. The molecule has 1 fully saturated rings. The Balaban J connectivity index is 1.37. The fourth-order valence-electron chi connectivity index (χ4n) is 4.33. The normalized spacial score (nSPS) is 17.2. The molecule has 10 heteroatoms. The summed E-state index contributed by atoms with van der Waals surface area (Å²) in [6.45, 7) is 7.53. The number of benzene rings is 2. The predicted octanol–water partition coefficient (Wildman–Crippen LogP) is 5.23. The molecule has 0 radical (unpaired) electrons. The largest absolute Gasteiger partial charge is 0.492 e. The third-order valence-corrected chi connectivity index (χ3v) is 7.37. The lowest BCUT2D eigenvalue weighted by Crippen LogP contribution is -2.54. The molecule has 1 aliphatic rings. The highest BCUT2D eigenvalue weighted by atomic mass is 32.1. The summed E-state index contributed by atoms with van der Waals surface area (Å²) >= 11 is 1.30. The molecule has 4 rings (SSSR count). The summed E-state index contributed by atoms with van der Waals surface area (Å²) in [5, 5.41) is 9.77. The Kier molecular flexibility index (Phi) is 7.51. The molecule has 1 N–H and O–H groups in total. The topological polar surface area (TPSA) is 65.9 Å². The molecule has 0 spiro atoms. The van der Waals surface area contributed by atoms with Crippen LogP contribution in [0.3, 0.4) is 0 Å². The molecule has 0 aliphatic carbocycles. The van der Waals surface area contributed by atoms with E-state index in [-0.39, 0.29) is 12.5 Å². The third-order valence-electron chi connectivity index (χ3n) is 6.29. The van der Waals surface area contributed by atoms with Crippen LogP contribution in [0.1, 0.15) is 30.0 Å². The highest BCUT2D eigenvalue weighted by Crippen LogP contribution is 2.36. The van der Waals surface area contributed by atoms with Gasteiger partial charge in [0, 0.05) is 32.2 Å². The molecule has 1 atom stereocenters. The second-order valence-corrected chi connectivity index (χ2v) is 9.75. The monoisotopic (exact) mass is 507 g/mol. The number of carboxylic acids is 1. The van der Waals surface area contributed by atoms with Gasteiger partial charge in [-0.3, -0.25) is 9.69 Å². The van der Waals surface area contributed by atoms with Gasteiger partial charge in [0.1, 0.15) is 12.4 Å². The fourth-order valence-corrected chi connectivity index (χ4v) is 5.37. The Bertz CT molecular complexity index is 1200. The number of piperazine rings is 1. The van der Waals surface area contributed by atoms with Gasteiger partial charge >= 0.3 is 12.1 Å². The van der Waals surface area contributed by atoms with E-state index >= 15 is 0 Å². The molecule has 0 bridgehead atoms. The molecule has 1 aromatic heterocycles. The number of carbonyl (C=O) groups is 1. The highest BCUT2D eigenvalue weighted by molar-refractivity contribution is 7.22. The molecule has 1 aliphatic heterocycles. The number of aromatic nitrogens is 1. The van der Waals surface area contributed by atoms with E-state index in [9.17, 15) is 18.0 Å². The van der Waals surface area contributed by atoms with E-state index in [0.29, 0.717) is 28.1 Å². The van der Waals surface area contributed by atoms with Gasteiger partial charge in [0.2, 0.25) is 0 Å². The van der Waals surface area contributed by atoms with Crippen molar-refractivity contribution < 1.29 is 27.8 Å². The van der Waals surface area contributed by atoms with Crippen LogP contribution in [0.5, 0.6) is 5.75 Å². The number of alkyl halides is 3. The minimum absolute atomic E-state index is 0.0419. The summed E-state index contributed by atoms with van der Waals surface area (Å²) < 4.78 is 45.7. The SMILES string of the molecule is CC[C@H]1CN(c2nc3ccc(C(F)(F)F)cc3s2)CCN1CCOc1cc(CC(=O)O)ccc1C.